The van der Waals surface area contributed by atoms with Gasteiger partial charge < -0.3 is 0 Å². The summed E-state index contributed by atoms with van der Waals surface area (Å²) in [6.45, 7) is 0. The number of hydrogen-bond donors (Lipinski definition) is 4. The van der Waals surface area contributed by atoms with Crippen molar-refractivity contribution in [2.45, 2.75) is 61.9 Å². The van der Waals surface area contributed by atoms with Crippen LogP contribution in [0.1, 0.15) is 38.5 Å². The number of aliphatic hydroxyl groups is 4. The number of hydrogen-bond acceptors (Lipinski definition) is 4. The second-order valence-electron chi connectivity index (χ2n) is 5.07. The molecular formula is C10H20ClO4P. The van der Waals surface area contributed by atoms with Crippen LogP contribution in [-0.4, -0.2) is 43.8 Å². The van der Waals surface area contributed by atoms with Crippen molar-refractivity contribution >= 4 is 17.2 Å². The maximum atomic E-state index is 10.2. The molecule has 6 heteroatoms. The van der Waals surface area contributed by atoms with E-state index < -0.39 is 29.3 Å². The van der Waals surface area contributed by atoms with Crippen LogP contribution in [0.15, 0.2) is 0 Å². The van der Waals surface area contributed by atoms with E-state index in [1.165, 1.54) is 0 Å². The van der Waals surface area contributed by atoms with Crippen LogP contribution in [0, 0.1) is 0 Å². The molecule has 0 aromatic heterocycles. The Hall–Kier alpha value is 0.560. The van der Waals surface area contributed by atoms with Gasteiger partial charge in [0.15, 0.2) is 0 Å². The quantitative estimate of drug-likeness (QED) is 0.501. The molecule has 0 aromatic carbocycles. The SMILES string of the molecule is OC1CCCC(O)P12(Cl)C(O)CCCC2O. The summed E-state index contributed by atoms with van der Waals surface area (Å²) < 4.78 is 0. The van der Waals surface area contributed by atoms with Gasteiger partial charge in [-0.3, -0.25) is 0 Å². The maximum absolute atomic E-state index is 10.2. The van der Waals surface area contributed by atoms with Gasteiger partial charge in [0.05, 0.1) is 0 Å². The average Bonchev–Trinajstić information content (AvgIpc) is 2.24. The molecule has 0 aromatic rings. The zero-order valence-corrected chi connectivity index (χ0v) is 10.8. The molecule has 0 bridgehead atoms. The normalized spacial score (nSPS) is 49.4. The predicted octanol–water partition coefficient (Wildman–Crippen LogP) is 1.33. The molecule has 2 aliphatic rings. The van der Waals surface area contributed by atoms with Crippen LogP contribution in [0.2, 0.25) is 0 Å². The van der Waals surface area contributed by atoms with E-state index in [0.29, 0.717) is 38.5 Å². The number of halogens is 1. The summed E-state index contributed by atoms with van der Waals surface area (Å²) in [5.41, 5.74) is 0. The zero-order valence-electron chi connectivity index (χ0n) is 9.17. The van der Waals surface area contributed by atoms with Gasteiger partial charge in [-0.1, -0.05) is 0 Å². The van der Waals surface area contributed by atoms with Gasteiger partial charge in [0.2, 0.25) is 0 Å². The summed E-state index contributed by atoms with van der Waals surface area (Å²) in [6.07, 6.45) is 3.23. The molecule has 96 valence electrons. The van der Waals surface area contributed by atoms with Gasteiger partial charge in [0, 0.05) is 0 Å². The fourth-order valence-corrected chi connectivity index (χ4v) is 9.71. The minimum atomic E-state index is -3.78. The Morgan fingerprint density at radius 3 is 1.19 bits per heavy atom. The third-order valence-corrected chi connectivity index (χ3v) is 13.1. The van der Waals surface area contributed by atoms with E-state index in [4.69, 9.17) is 11.2 Å². The molecule has 0 saturated carbocycles. The van der Waals surface area contributed by atoms with Crippen LogP contribution < -0.4 is 0 Å². The molecule has 2 heterocycles. The molecule has 0 amide bonds. The molecule has 4 atom stereocenters. The van der Waals surface area contributed by atoms with Crippen LogP contribution in [0.3, 0.4) is 0 Å². The molecule has 4 N–H and O–H groups in total. The second kappa shape index (κ2) is 4.04. The van der Waals surface area contributed by atoms with E-state index in [2.05, 4.69) is 0 Å². The van der Waals surface area contributed by atoms with Gasteiger partial charge in [-0.15, -0.1) is 0 Å². The van der Waals surface area contributed by atoms with Gasteiger partial charge in [0.25, 0.3) is 0 Å². The van der Waals surface area contributed by atoms with Crippen LogP contribution in [0.4, 0.5) is 0 Å². The summed E-state index contributed by atoms with van der Waals surface area (Å²) in [6, 6.07) is 0. The zero-order chi connectivity index (χ0) is 12.0. The van der Waals surface area contributed by atoms with E-state index in [0.717, 1.165) is 0 Å². The minimum absolute atomic E-state index is 0.465. The second-order valence-corrected chi connectivity index (χ2v) is 12.4. The van der Waals surface area contributed by atoms with Crippen LogP contribution in [-0.2, 0) is 0 Å². The van der Waals surface area contributed by atoms with Gasteiger partial charge in [-0.05, 0) is 0 Å². The fraction of sp³-hybridized carbons (Fsp3) is 1.00. The molecule has 4 unspecified atom stereocenters. The molecule has 2 fully saturated rings. The van der Waals surface area contributed by atoms with Crippen molar-refractivity contribution in [3.05, 3.63) is 0 Å². The summed E-state index contributed by atoms with van der Waals surface area (Å²) in [5, 5.41) is 40.8. The Kier molecular flexibility index (Phi) is 3.29. The standard InChI is InChI=1S/C10H20ClO4P/c11-16(7(12)3-1-4-8(16)13)9(14)5-2-6-10(16)15/h7-10,12-15H,1-6H2. The number of rotatable bonds is 0. The molecule has 4 nitrogen and oxygen atoms in total. The Bertz CT molecular complexity index is 234. The van der Waals surface area contributed by atoms with E-state index in [9.17, 15) is 20.4 Å². The summed E-state index contributed by atoms with van der Waals surface area (Å²) in [4.78, 5) is 0. The Morgan fingerprint density at radius 1 is 0.688 bits per heavy atom. The monoisotopic (exact) mass is 270 g/mol. The van der Waals surface area contributed by atoms with E-state index >= 15 is 0 Å². The van der Waals surface area contributed by atoms with Crippen molar-refractivity contribution in [1.29, 1.82) is 0 Å². The third-order valence-electron chi connectivity index (χ3n) is 4.36. The first-order valence-electron chi connectivity index (χ1n) is 5.87. The molecule has 16 heavy (non-hydrogen) atoms. The predicted molar refractivity (Wildman–Crippen MR) is 64.5 cm³/mol. The molecule has 2 saturated heterocycles. The van der Waals surface area contributed by atoms with Crippen molar-refractivity contribution in [3.63, 3.8) is 0 Å². The van der Waals surface area contributed by atoms with E-state index in [1.54, 1.807) is 0 Å². The first-order chi connectivity index (χ1) is 7.42. The topological polar surface area (TPSA) is 80.9 Å². The van der Waals surface area contributed by atoms with Crippen LogP contribution in [0.25, 0.3) is 0 Å². The first-order valence-corrected chi connectivity index (χ1v) is 9.29. The van der Waals surface area contributed by atoms with Gasteiger partial charge >= 0.3 is 99.5 Å². The van der Waals surface area contributed by atoms with Crippen molar-refractivity contribution in [1.82, 2.24) is 0 Å². The van der Waals surface area contributed by atoms with Crippen molar-refractivity contribution < 1.29 is 20.4 Å². The molecular weight excluding hydrogens is 251 g/mol. The van der Waals surface area contributed by atoms with Crippen LogP contribution >= 0.6 is 17.2 Å². The van der Waals surface area contributed by atoms with Crippen molar-refractivity contribution in [2.75, 3.05) is 0 Å². The van der Waals surface area contributed by atoms with E-state index in [1.807, 2.05) is 0 Å². The average molecular weight is 271 g/mol. The Balaban J connectivity index is 2.49. The molecule has 0 aliphatic carbocycles. The van der Waals surface area contributed by atoms with Gasteiger partial charge in [0.1, 0.15) is 0 Å². The van der Waals surface area contributed by atoms with E-state index in [-0.39, 0.29) is 0 Å². The number of aliphatic hydroxyl groups excluding tert-OH is 4. The summed E-state index contributed by atoms with van der Waals surface area (Å²) >= 11 is 6.60. The van der Waals surface area contributed by atoms with Crippen molar-refractivity contribution in [3.8, 4) is 0 Å². The first kappa shape index (κ1) is 13.0. The summed E-state index contributed by atoms with van der Waals surface area (Å²) in [7, 11) is 0. The van der Waals surface area contributed by atoms with Gasteiger partial charge in [-0.2, -0.15) is 0 Å². The molecule has 2 aliphatic heterocycles. The van der Waals surface area contributed by atoms with Crippen LogP contribution in [0.5, 0.6) is 0 Å². The Morgan fingerprint density at radius 2 is 0.938 bits per heavy atom. The molecule has 2 rings (SSSR count). The van der Waals surface area contributed by atoms with Crippen molar-refractivity contribution in [2.24, 2.45) is 0 Å². The third kappa shape index (κ3) is 1.35. The molecule has 1 spiro atoms. The molecule has 0 radical (unpaired) electrons. The fourth-order valence-electron chi connectivity index (χ4n) is 3.25. The Labute approximate surface area is 100.0 Å². The van der Waals surface area contributed by atoms with Gasteiger partial charge in [-0.25, -0.2) is 0 Å². The summed E-state index contributed by atoms with van der Waals surface area (Å²) in [5.74, 6) is -7.55.